The van der Waals surface area contributed by atoms with E-state index in [-0.39, 0.29) is 12.3 Å². The smallest absolute Gasteiger partial charge is 0.360 e. The number of likely N-dealkylation sites (N-methyl/N-ethyl adjacent to an activating group) is 1. The van der Waals surface area contributed by atoms with E-state index in [2.05, 4.69) is 17.3 Å². The van der Waals surface area contributed by atoms with E-state index in [9.17, 15) is 18.0 Å². The Bertz CT molecular complexity index is 843. The SMILES string of the molecule is Cc1cc(N2CC[NH+](C)CC2)ccc1NC(=O)Cc1cccc(C(F)(F)F)c1. The second-order valence-corrected chi connectivity index (χ2v) is 7.37. The highest BCUT2D eigenvalue weighted by atomic mass is 19.4. The number of amides is 1. The molecule has 28 heavy (non-hydrogen) atoms. The number of aryl methyl sites for hydroxylation is 1. The summed E-state index contributed by atoms with van der Waals surface area (Å²) in [5, 5.41) is 2.81. The molecule has 0 spiro atoms. The van der Waals surface area contributed by atoms with Crippen molar-refractivity contribution in [3.05, 3.63) is 59.2 Å². The van der Waals surface area contributed by atoms with Crippen molar-refractivity contribution in [3.63, 3.8) is 0 Å². The van der Waals surface area contributed by atoms with Crippen molar-refractivity contribution in [1.29, 1.82) is 0 Å². The van der Waals surface area contributed by atoms with Gasteiger partial charge in [-0.2, -0.15) is 13.2 Å². The van der Waals surface area contributed by atoms with E-state index in [4.69, 9.17) is 0 Å². The number of carbonyl (C=O) groups is 1. The van der Waals surface area contributed by atoms with Gasteiger partial charge in [-0.1, -0.05) is 18.2 Å². The molecule has 0 aromatic heterocycles. The highest BCUT2D eigenvalue weighted by molar-refractivity contribution is 5.93. The Labute approximate surface area is 162 Å². The summed E-state index contributed by atoms with van der Waals surface area (Å²) in [7, 11) is 2.19. The number of alkyl halides is 3. The number of hydrogen-bond donors (Lipinski definition) is 2. The van der Waals surface area contributed by atoms with Crippen molar-refractivity contribution in [3.8, 4) is 0 Å². The number of piperazine rings is 1. The average molecular weight is 392 g/mol. The molecule has 0 aliphatic carbocycles. The van der Waals surface area contributed by atoms with Crippen LogP contribution in [0, 0.1) is 6.92 Å². The van der Waals surface area contributed by atoms with Crippen molar-refractivity contribution < 1.29 is 22.9 Å². The van der Waals surface area contributed by atoms with Crippen LogP contribution in [0.2, 0.25) is 0 Å². The van der Waals surface area contributed by atoms with Crippen molar-refractivity contribution >= 4 is 17.3 Å². The molecule has 0 saturated carbocycles. The molecule has 0 bridgehead atoms. The third-order valence-corrected chi connectivity index (χ3v) is 5.09. The van der Waals surface area contributed by atoms with Crippen LogP contribution in [0.3, 0.4) is 0 Å². The molecule has 2 aromatic rings. The number of nitrogens with one attached hydrogen (secondary N) is 2. The Morgan fingerprint density at radius 3 is 2.50 bits per heavy atom. The van der Waals surface area contributed by atoms with E-state index in [0.717, 1.165) is 49.6 Å². The summed E-state index contributed by atoms with van der Waals surface area (Å²) in [5.74, 6) is -0.335. The number of nitrogens with zero attached hydrogens (tertiary/aromatic N) is 1. The van der Waals surface area contributed by atoms with Gasteiger partial charge in [-0.25, -0.2) is 0 Å². The summed E-state index contributed by atoms with van der Waals surface area (Å²) in [4.78, 5) is 16.2. The molecule has 7 heteroatoms. The molecule has 2 N–H and O–H groups in total. The van der Waals surface area contributed by atoms with E-state index in [1.807, 2.05) is 25.1 Å². The molecule has 1 aliphatic rings. The standard InChI is InChI=1S/C21H24F3N3O/c1-15-12-18(27-10-8-26(2)9-11-27)6-7-19(15)25-20(28)14-16-4-3-5-17(13-16)21(22,23)24/h3-7,12-13H,8-11,14H2,1-2H3,(H,25,28)/p+1. The summed E-state index contributed by atoms with van der Waals surface area (Å²) in [6, 6.07) is 10.8. The normalized spacial score (nSPS) is 15.5. The molecule has 3 rings (SSSR count). The van der Waals surface area contributed by atoms with Crippen LogP contribution in [0.1, 0.15) is 16.7 Å². The largest absolute Gasteiger partial charge is 0.416 e. The molecule has 0 unspecified atom stereocenters. The molecule has 1 fully saturated rings. The second kappa shape index (κ2) is 8.22. The van der Waals surface area contributed by atoms with Gasteiger partial charge < -0.3 is 15.1 Å². The minimum Gasteiger partial charge on any atom is -0.360 e. The maximum Gasteiger partial charge on any atom is 0.416 e. The fourth-order valence-corrected chi connectivity index (χ4v) is 3.37. The second-order valence-electron chi connectivity index (χ2n) is 7.37. The molecular weight excluding hydrogens is 367 g/mol. The Balaban J connectivity index is 1.64. The Hall–Kier alpha value is -2.54. The van der Waals surface area contributed by atoms with E-state index < -0.39 is 11.7 Å². The van der Waals surface area contributed by atoms with Gasteiger partial charge >= 0.3 is 6.18 Å². The lowest BCUT2D eigenvalue weighted by atomic mass is 10.1. The summed E-state index contributed by atoms with van der Waals surface area (Å²) in [5.41, 5.74) is 2.33. The summed E-state index contributed by atoms with van der Waals surface area (Å²) in [6.07, 6.45) is -4.52. The number of hydrogen-bond acceptors (Lipinski definition) is 2. The molecule has 1 aliphatic heterocycles. The molecule has 150 valence electrons. The van der Waals surface area contributed by atoms with Crippen molar-refractivity contribution in [2.45, 2.75) is 19.5 Å². The molecule has 0 atom stereocenters. The third-order valence-electron chi connectivity index (χ3n) is 5.09. The number of carbonyl (C=O) groups excluding carboxylic acids is 1. The summed E-state index contributed by atoms with van der Waals surface area (Å²) < 4.78 is 38.4. The van der Waals surface area contributed by atoms with E-state index in [0.29, 0.717) is 11.3 Å². The quantitative estimate of drug-likeness (QED) is 0.839. The van der Waals surface area contributed by atoms with E-state index in [1.165, 1.54) is 17.0 Å². The zero-order valence-corrected chi connectivity index (χ0v) is 16.1. The number of anilines is 2. The van der Waals surface area contributed by atoms with Gasteiger partial charge in [0, 0.05) is 11.4 Å². The lowest BCUT2D eigenvalue weighted by Crippen LogP contribution is -3.12. The molecule has 1 heterocycles. The van der Waals surface area contributed by atoms with Crippen molar-refractivity contribution in [2.24, 2.45) is 0 Å². The van der Waals surface area contributed by atoms with Crippen molar-refractivity contribution in [2.75, 3.05) is 43.4 Å². The number of halogens is 3. The Morgan fingerprint density at radius 1 is 1.14 bits per heavy atom. The molecule has 1 amide bonds. The van der Waals surface area contributed by atoms with Gasteiger partial charge in [-0.05, 0) is 42.3 Å². The van der Waals surface area contributed by atoms with Crippen LogP contribution in [-0.4, -0.2) is 39.1 Å². The number of benzene rings is 2. The van der Waals surface area contributed by atoms with Crippen LogP contribution in [0.25, 0.3) is 0 Å². The molecule has 4 nitrogen and oxygen atoms in total. The van der Waals surface area contributed by atoms with Crippen LogP contribution >= 0.6 is 0 Å². The Kier molecular flexibility index (Phi) is 5.93. The van der Waals surface area contributed by atoms with Crippen LogP contribution in [0.15, 0.2) is 42.5 Å². The molecular formula is C21H25F3N3O+. The molecule has 1 saturated heterocycles. The third kappa shape index (κ3) is 5.04. The van der Waals surface area contributed by atoms with Crippen LogP contribution < -0.4 is 15.1 Å². The predicted octanol–water partition coefficient (Wildman–Crippen LogP) is 2.53. The van der Waals surface area contributed by atoms with Crippen molar-refractivity contribution in [1.82, 2.24) is 0 Å². The fraction of sp³-hybridized carbons (Fsp3) is 0.381. The monoisotopic (exact) mass is 392 g/mol. The van der Waals surface area contributed by atoms with Gasteiger partial charge in [0.1, 0.15) is 0 Å². The summed E-state index contributed by atoms with van der Waals surface area (Å²) >= 11 is 0. The lowest BCUT2D eigenvalue weighted by molar-refractivity contribution is -0.880. The maximum atomic E-state index is 12.8. The van der Waals surface area contributed by atoms with E-state index in [1.54, 1.807) is 0 Å². The first kappa shape index (κ1) is 20.2. The predicted molar refractivity (Wildman–Crippen MR) is 104 cm³/mol. The first-order chi connectivity index (χ1) is 13.2. The average Bonchev–Trinajstić information content (AvgIpc) is 2.63. The highest BCUT2D eigenvalue weighted by Crippen LogP contribution is 2.29. The number of rotatable bonds is 4. The van der Waals surface area contributed by atoms with Crippen LogP contribution in [-0.2, 0) is 17.4 Å². The zero-order chi connectivity index (χ0) is 20.3. The zero-order valence-electron chi connectivity index (χ0n) is 16.1. The van der Waals surface area contributed by atoms with Gasteiger partial charge in [0.25, 0.3) is 0 Å². The number of quaternary nitrogens is 1. The van der Waals surface area contributed by atoms with Gasteiger partial charge in [0.05, 0.1) is 45.2 Å². The minimum absolute atomic E-state index is 0.105. The van der Waals surface area contributed by atoms with Crippen LogP contribution in [0.5, 0.6) is 0 Å². The van der Waals surface area contributed by atoms with Gasteiger partial charge in [-0.3, -0.25) is 4.79 Å². The minimum atomic E-state index is -4.41. The van der Waals surface area contributed by atoms with Gasteiger partial charge in [0.2, 0.25) is 5.91 Å². The molecule has 2 aromatic carbocycles. The topological polar surface area (TPSA) is 36.8 Å². The first-order valence-corrected chi connectivity index (χ1v) is 9.35. The van der Waals surface area contributed by atoms with Gasteiger partial charge in [-0.15, -0.1) is 0 Å². The molecule has 0 radical (unpaired) electrons. The summed E-state index contributed by atoms with van der Waals surface area (Å²) in [6.45, 7) is 6.09. The maximum absolute atomic E-state index is 12.8. The fourth-order valence-electron chi connectivity index (χ4n) is 3.37. The van der Waals surface area contributed by atoms with Gasteiger partial charge in [0.15, 0.2) is 0 Å². The van der Waals surface area contributed by atoms with E-state index >= 15 is 0 Å². The Morgan fingerprint density at radius 2 is 1.86 bits per heavy atom. The highest BCUT2D eigenvalue weighted by Gasteiger charge is 2.30. The first-order valence-electron chi connectivity index (χ1n) is 9.35. The lowest BCUT2D eigenvalue weighted by Gasteiger charge is -2.32. The van der Waals surface area contributed by atoms with Crippen LogP contribution in [0.4, 0.5) is 24.5 Å².